The smallest absolute Gasteiger partial charge is 0.234 e. The first-order valence-electron chi connectivity index (χ1n) is 7.27. The number of benzene rings is 2. The van der Waals surface area contributed by atoms with Gasteiger partial charge in [-0.25, -0.2) is 4.39 Å². The van der Waals surface area contributed by atoms with Gasteiger partial charge in [0.05, 0.1) is 12.9 Å². The van der Waals surface area contributed by atoms with Crippen molar-refractivity contribution in [1.82, 2.24) is 0 Å². The lowest BCUT2D eigenvalue weighted by molar-refractivity contribution is -0.113. The third-order valence-electron chi connectivity index (χ3n) is 3.39. The standard InChI is InChI=1S/C18H20FNO2S/c1-12-4-5-13(2)16(8-12)20-18(21)11-23-10-14-6-7-17(22-3)15(19)9-14/h4-9H,10-11H2,1-3H3,(H,20,21). The summed E-state index contributed by atoms with van der Waals surface area (Å²) < 4.78 is 18.5. The molecule has 1 N–H and O–H groups in total. The minimum Gasteiger partial charge on any atom is -0.494 e. The zero-order valence-electron chi connectivity index (χ0n) is 13.5. The Bertz CT molecular complexity index is 703. The van der Waals surface area contributed by atoms with Crippen LogP contribution in [0.3, 0.4) is 0 Å². The van der Waals surface area contributed by atoms with Crippen LogP contribution in [0.5, 0.6) is 5.75 Å². The fourth-order valence-electron chi connectivity index (χ4n) is 2.12. The first-order chi connectivity index (χ1) is 11.0. The highest BCUT2D eigenvalue weighted by Crippen LogP contribution is 2.21. The highest BCUT2D eigenvalue weighted by molar-refractivity contribution is 7.99. The summed E-state index contributed by atoms with van der Waals surface area (Å²) in [7, 11) is 1.43. The van der Waals surface area contributed by atoms with Gasteiger partial charge in [0, 0.05) is 11.4 Å². The quantitative estimate of drug-likeness (QED) is 0.855. The number of rotatable bonds is 6. The van der Waals surface area contributed by atoms with Crippen LogP contribution in [0.2, 0.25) is 0 Å². The Morgan fingerprint density at radius 1 is 1.22 bits per heavy atom. The fourth-order valence-corrected chi connectivity index (χ4v) is 2.89. The lowest BCUT2D eigenvalue weighted by Gasteiger charge is -2.09. The first-order valence-corrected chi connectivity index (χ1v) is 8.42. The van der Waals surface area contributed by atoms with Gasteiger partial charge in [0.25, 0.3) is 0 Å². The Morgan fingerprint density at radius 2 is 2.00 bits per heavy atom. The van der Waals surface area contributed by atoms with Gasteiger partial charge in [0.2, 0.25) is 5.91 Å². The van der Waals surface area contributed by atoms with Crippen LogP contribution in [-0.4, -0.2) is 18.8 Å². The van der Waals surface area contributed by atoms with E-state index >= 15 is 0 Å². The molecule has 0 heterocycles. The molecule has 0 saturated carbocycles. The van der Waals surface area contributed by atoms with E-state index in [2.05, 4.69) is 5.32 Å². The van der Waals surface area contributed by atoms with Gasteiger partial charge in [-0.3, -0.25) is 4.79 Å². The molecular weight excluding hydrogens is 313 g/mol. The third kappa shape index (κ3) is 4.99. The van der Waals surface area contributed by atoms with Crippen molar-refractivity contribution in [3.8, 4) is 5.75 Å². The normalized spacial score (nSPS) is 10.4. The number of anilines is 1. The molecule has 0 unspecified atom stereocenters. The van der Waals surface area contributed by atoms with Crippen molar-refractivity contribution < 1.29 is 13.9 Å². The van der Waals surface area contributed by atoms with E-state index in [1.807, 2.05) is 32.0 Å². The largest absolute Gasteiger partial charge is 0.494 e. The average Bonchev–Trinajstić information content (AvgIpc) is 2.51. The average molecular weight is 333 g/mol. The summed E-state index contributed by atoms with van der Waals surface area (Å²) in [5, 5.41) is 2.91. The van der Waals surface area contributed by atoms with Crippen LogP contribution < -0.4 is 10.1 Å². The number of nitrogens with one attached hydrogen (secondary N) is 1. The monoisotopic (exact) mass is 333 g/mol. The van der Waals surface area contributed by atoms with Crippen LogP contribution in [0.25, 0.3) is 0 Å². The number of hydrogen-bond donors (Lipinski definition) is 1. The molecule has 0 aliphatic rings. The van der Waals surface area contributed by atoms with Crippen molar-refractivity contribution in [2.24, 2.45) is 0 Å². The van der Waals surface area contributed by atoms with Gasteiger partial charge in [-0.05, 0) is 48.7 Å². The molecule has 2 aromatic carbocycles. The molecule has 0 aromatic heterocycles. The highest BCUT2D eigenvalue weighted by Gasteiger charge is 2.07. The van der Waals surface area contributed by atoms with E-state index in [-0.39, 0.29) is 17.5 Å². The van der Waals surface area contributed by atoms with E-state index < -0.39 is 0 Å². The Morgan fingerprint density at radius 3 is 2.70 bits per heavy atom. The zero-order valence-corrected chi connectivity index (χ0v) is 14.3. The van der Waals surface area contributed by atoms with Gasteiger partial charge < -0.3 is 10.1 Å². The lowest BCUT2D eigenvalue weighted by Crippen LogP contribution is -2.15. The highest BCUT2D eigenvalue weighted by atomic mass is 32.2. The van der Waals surface area contributed by atoms with Crippen LogP contribution in [0.1, 0.15) is 16.7 Å². The van der Waals surface area contributed by atoms with Crippen LogP contribution in [0.4, 0.5) is 10.1 Å². The summed E-state index contributed by atoms with van der Waals surface area (Å²) in [6.07, 6.45) is 0. The molecule has 0 radical (unpaired) electrons. The predicted molar refractivity (Wildman–Crippen MR) is 93.7 cm³/mol. The molecule has 0 aliphatic carbocycles. The number of methoxy groups -OCH3 is 1. The van der Waals surface area contributed by atoms with Crippen LogP contribution in [0, 0.1) is 19.7 Å². The molecule has 0 spiro atoms. The van der Waals surface area contributed by atoms with E-state index in [0.717, 1.165) is 22.4 Å². The Hall–Kier alpha value is -2.01. The van der Waals surface area contributed by atoms with Gasteiger partial charge >= 0.3 is 0 Å². The molecule has 0 atom stereocenters. The number of amides is 1. The SMILES string of the molecule is COc1ccc(CSCC(=O)Nc2cc(C)ccc2C)cc1F. The number of carbonyl (C=O) groups is 1. The van der Waals surface area contributed by atoms with Gasteiger partial charge in [0.1, 0.15) is 0 Å². The minimum absolute atomic E-state index is 0.0577. The van der Waals surface area contributed by atoms with Gasteiger partial charge in [-0.1, -0.05) is 18.2 Å². The molecule has 0 aliphatic heterocycles. The number of ether oxygens (including phenoxy) is 1. The summed E-state index contributed by atoms with van der Waals surface area (Å²) in [6.45, 7) is 3.95. The molecule has 2 aromatic rings. The van der Waals surface area contributed by atoms with Gasteiger partial charge in [-0.2, -0.15) is 0 Å². The molecule has 5 heteroatoms. The fraction of sp³-hybridized carbons (Fsp3) is 0.278. The predicted octanol–water partition coefficient (Wildman–Crippen LogP) is 4.32. The molecule has 1 amide bonds. The summed E-state index contributed by atoms with van der Waals surface area (Å²) in [6, 6.07) is 10.8. The van der Waals surface area contributed by atoms with Crippen LogP contribution in [0.15, 0.2) is 36.4 Å². The van der Waals surface area contributed by atoms with Crippen molar-refractivity contribution in [3.05, 3.63) is 58.9 Å². The van der Waals surface area contributed by atoms with Crippen molar-refractivity contribution in [2.75, 3.05) is 18.2 Å². The van der Waals surface area contributed by atoms with E-state index in [9.17, 15) is 9.18 Å². The van der Waals surface area contributed by atoms with Crippen molar-refractivity contribution >= 4 is 23.4 Å². The number of aryl methyl sites for hydroxylation is 2. The van der Waals surface area contributed by atoms with E-state index in [0.29, 0.717) is 11.5 Å². The topological polar surface area (TPSA) is 38.3 Å². The first kappa shape index (κ1) is 17.3. The van der Waals surface area contributed by atoms with E-state index in [1.54, 1.807) is 12.1 Å². The molecule has 23 heavy (non-hydrogen) atoms. The number of halogens is 1. The Kier molecular flexibility index (Phi) is 6.04. The zero-order chi connectivity index (χ0) is 16.8. The lowest BCUT2D eigenvalue weighted by atomic mass is 10.1. The molecule has 122 valence electrons. The molecule has 0 saturated heterocycles. The van der Waals surface area contributed by atoms with Gasteiger partial charge in [0.15, 0.2) is 11.6 Å². The van der Waals surface area contributed by atoms with E-state index in [4.69, 9.17) is 4.74 Å². The molecule has 2 rings (SSSR count). The molecule has 0 bridgehead atoms. The second-order valence-corrected chi connectivity index (χ2v) is 6.31. The Labute approximate surface area is 140 Å². The summed E-state index contributed by atoms with van der Waals surface area (Å²) in [5.74, 6) is 0.678. The maximum absolute atomic E-state index is 13.6. The number of carbonyl (C=O) groups excluding carboxylic acids is 1. The molecular formula is C18H20FNO2S. The van der Waals surface area contributed by atoms with Crippen molar-refractivity contribution in [2.45, 2.75) is 19.6 Å². The summed E-state index contributed by atoms with van der Waals surface area (Å²) in [4.78, 5) is 12.0. The molecule has 3 nitrogen and oxygen atoms in total. The maximum Gasteiger partial charge on any atom is 0.234 e. The molecule has 0 fully saturated rings. The second kappa shape index (κ2) is 8.02. The number of hydrogen-bond acceptors (Lipinski definition) is 3. The van der Waals surface area contributed by atoms with Crippen molar-refractivity contribution in [1.29, 1.82) is 0 Å². The van der Waals surface area contributed by atoms with Crippen LogP contribution >= 0.6 is 11.8 Å². The third-order valence-corrected chi connectivity index (χ3v) is 4.39. The van der Waals surface area contributed by atoms with Crippen molar-refractivity contribution in [3.63, 3.8) is 0 Å². The summed E-state index contributed by atoms with van der Waals surface area (Å²) >= 11 is 1.45. The van der Waals surface area contributed by atoms with Crippen LogP contribution in [-0.2, 0) is 10.5 Å². The maximum atomic E-state index is 13.6. The van der Waals surface area contributed by atoms with E-state index in [1.165, 1.54) is 24.9 Å². The van der Waals surface area contributed by atoms with Gasteiger partial charge in [-0.15, -0.1) is 11.8 Å². The second-order valence-electron chi connectivity index (χ2n) is 5.33. The summed E-state index contributed by atoms with van der Waals surface area (Å²) in [5.41, 5.74) is 3.80. The Balaban J connectivity index is 1.85. The number of thioether (sulfide) groups is 1. The minimum atomic E-state index is -0.384.